The third-order valence-electron chi connectivity index (χ3n) is 15.4. The minimum absolute atomic E-state index is 0.0556. The van der Waals surface area contributed by atoms with E-state index < -0.39 is 71.9 Å². The van der Waals surface area contributed by atoms with Crippen molar-refractivity contribution in [3.8, 4) is 0 Å². The second-order valence-electron chi connectivity index (χ2n) is 21.2. The number of nitrogens with one attached hydrogen (secondary N) is 3. The number of rotatable bonds is 29. The number of ether oxygens (including phenoxy) is 4. The first-order valence-corrected chi connectivity index (χ1v) is 29.0. The lowest BCUT2D eigenvalue weighted by atomic mass is 9.95. The monoisotopic (exact) mass is 1170 g/mol. The highest BCUT2D eigenvalue weighted by molar-refractivity contribution is 5.97. The second-order valence-corrected chi connectivity index (χ2v) is 21.2. The number of primary amides is 1. The highest BCUT2D eigenvalue weighted by Crippen LogP contribution is 2.32. The highest BCUT2D eigenvalue weighted by atomic mass is 16.6. The molecule has 7 amide bonds. The number of hydrogen-bond donors (Lipinski definition) is 6. The van der Waals surface area contributed by atoms with E-state index in [0.717, 1.165) is 45.1 Å². The number of aromatic nitrogens is 2. The maximum Gasteiger partial charge on any atom is 0.323 e. The minimum atomic E-state index is -1.18. The summed E-state index contributed by atoms with van der Waals surface area (Å²) in [4.78, 5) is 117. The van der Waals surface area contributed by atoms with E-state index in [9.17, 15) is 43.5 Å². The normalized spacial score (nSPS) is 18.3. The highest BCUT2D eigenvalue weighted by Gasteiger charge is 2.45. The van der Waals surface area contributed by atoms with Crippen molar-refractivity contribution in [3.05, 3.63) is 137 Å². The van der Waals surface area contributed by atoms with Gasteiger partial charge in [-0.05, 0) is 55.7 Å². The molecule has 3 aromatic carbocycles. The largest absolute Gasteiger partial charge is 0.480 e. The summed E-state index contributed by atoms with van der Waals surface area (Å²) in [5.41, 5.74) is 14.4. The second kappa shape index (κ2) is 31.6. The Balaban J connectivity index is 0.708. The average molecular weight is 1170 g/mol. The van der Waals surface area contributed by atoms with Crippen LogP contribution in [0.25, 0.3) is 10.8 Å². The van der Waals surface area contributed by atoms with Crippen LogP contribution in [0.2, 0.25) is 0 Å². The van der Waals surface area contributed by atoms with Gasteiger partial charge in [0.05, 0.1) is 82.4 Å². The van der Waals surface area contributed by atoms with E-state index in [1.165, 1.54) is 28.1 Å². The molecule has 5 heterocycles. The van der Waals surface area contributed by atoms with Gasteiger partial charge in [-0.25, -0.2) is 4.79 Å². The number of anilines is 2. The van der Waals surface area contributed by atoms with Crippen LogP contribution in [0.1, 0.15) is 62.1 Å². The van der Waals surface area contributed by atoms with Crippen LogP contribution in [0.4, 0.5) is 16.2 Å². The molecular weight excluding hydrogens is 1090 g/mol. The molecule has 24 heteroatoms. The Kier molecular flexibility index (Phi) is 23.3. The molecule has 0 radical (unpaired) electrons. The molecule has 3 aliphatic heterocycles. The summed E-state index contributed by atoms with van der Waals surface area (Å²) in [6, 6.07) is 25.0. The van der Waals surface area contributed by atoms with Crippen LogP contribution in [-0.2, 0) is 54.3 Å². The summed E-state index contributed by atoms with van der Waals surface area (Å²) in [6.45, 7) is 3.16. The van der Waals surface area contributed by atoms with E-state index in [1.54, 1.807) is 4.90 Å². The van der Waals surface area contributed by atoms with Crippen molar-refractivity contribution in [1.82, 2.24) is 35.3 Å². The first-order chi connectivity index (χ1) is 41.2. The van der Waals surface area contributed by atoms with Crippen molar-refractivity contribution in [2.45, 2.75) is 81.7 Å². The average Bonchev–Trinajstić information content (AvgIpc) is 3.40. The van der Waals surface area contributed by atoms with E-state index in [1.807, 2.05) is 97.3 Å². The van der Waals surface area contributed by atoms with Crippen molar-refractivity contribution in [2.75, 3.05) is 102 Å². The molecule has 3 aliphatic rings. The van der Waals surface area contributed by atoms with E-state index in [-0.39, 0.29) is 103 Å². The van der Waals surface area contributed by atoms with Gasteiger partial charge in [-0.3, -0.25) is 38.5 Å². The van der Waals surface area contributed by atoms with Crippen LogP contribution in [0, 0.1) is 5.92 Å². The number of carbonyl (C=O) groups is 7. The Morgan fingerprint density at radius 1 is 0.729 bits per heavy atom. The first kappa shape index (κ1) is 62.7. The molecule has 24 nitrogen and oxygen atoms in total. The summed E-state index contributed by atoms with van der Waals surface area (Å²) in [5, 5.41) is 20.2. The van der Waals surface area contributed by atoms with Crippen LogP contribution in [0.5, 0.6) is 0 Å². The lowest BCUT2D eigenvalue weighted by Crippen LogP contribution is -2.61. The number of urea groups is 1. The molecule has 0 aliphatic carbocycles. The molecule has 0 saturated carbocycles. The van der Waals surface area contributed by atoms with Crippen molar-refractivity contribution in [2.24, 2.45) is 17.4 Å². The molecule has 454 valence electrons. The Morgan fingerprint density at radius 3 is 2.07 bits per heavy atom. The fraction of sp³-hybridized carbons (Fsp3) is 0.459. The number of fused-ring (bicyclic) bond motifs is 2. The van der Waals surface area contributed by atoms with Crippen LogP contribution >= 0.6 is 0 Å². The van der Waals surface area contributed by atoms with Gasteiger partial charge in [0.25, 0.3) is 5.56 Å². The molecule has 8 rings (SSSR count). The maximum atomic E-state index is 14.3. The van der Waals surface area contributed by atoms with E-state index in [2.05, 4.69) is 25.8 Å². The number of nitrogens with two attached hydrogens (primary N) is 2. The quantitative estimate of drug-likeness (QED) is 0.0375. The predicted octanol–water partition coefficient (Wildman–Crippen LogP) is 2.56. The van der Waals surface area contributed by atoms with Gasteiger partial charge in [0.15, 0.2) is 0 Å². The van der Waals surface area contributed by atoms with Crippen molar-refractivity contribution in [3.63, 3.8) is 0 Å². The lowest BCUT2D eigenvalue weighted by Gasteiger charge is -2.37. The number of hydrogen-bond acceptors (Lipinski definition) is 15. The molecule has 2 aromatic heterocycles. The SMILES string of the molecule is NC(=O)CCC(NC(=O)[C@@H]1CC[C@@H]2CCN(C(=O)NCCOCCOCCOCCOCCN(C(=O)[C@H]3CCCN(c4cncc5ccccc45)C3)c3ccc(=O)n(CC(=O)O)c3)C[C@H](N)C(=O)N21)C(=O)NC(c1ccccc1)c1ccccc1. The maximum absolute atomic E-state index is 14.3. The van der Waals surface area contributed by atoms with Crippen LogP contribution in [-0.4, -0.2) is 182 Å². The molecule has 5 atom stereocenters. The molecular formula is C61H77N11O13. The van der Waals surface area contributed by atoms with Crippen LogP contribution in [0.3, 0.4) is 0 Å². The predicted molar refractivity (Wildman–Crippen MR) is 315 cm³/mol. The van der Waals surface area contributed by atoms with Gasteiger partial charge >= 0.3 is 12.0 Å². The zero-order valence-electron chi connectivity index (χ0n) is 47.7. The first-order valence-electron chi connectivity index (χ1n) is 29.0. The fourth-order valence-corrected chi connectivity index (χ4v) is 11.1. The van der Waals surface area contributed by atoms with E-state index in [4.69, 9.17) is 30.4 Å². The summed E-state index contributed by atoms with van der Waals surface area (Å²) in [6.07, 6.45) is 7.44. The molecule has 8 N–H and O–H groups in total. The van der Waals surface area contributed by atoms with E-state index >= 15 is 0 Å². The standard InChI is InChI=1S/C61H77N11O13/c62-49-40-69(26-23-46-17-20-51(72(46)60(49)80)58(78)66-50(19-21-53(63)73)57(77)67-56(42-10-3-1-4-11-42)43-12-5-2-6-13-43)61(81)65-24-28-82-30-32-84-34-35-85-33-31-83-29-27-71(47-18-22-54(74)70(39-47)41-55(75)76)59(79)45-15-9-25-68(38-45)52-37-64-36-44-14-7-8-16-48(44)52/h1-8,10-14,16,18,22,36-37,39,45-46,49-51,56H,9,15,17,19-21,23-35,38,40-41,62H2,(H2,63,73)(H,65,81)(H,66,78)(H,67,77)(H,75,76)/t45-,46+,49-,50?,51-/m0/s1. The summed E-state index contributed by atoms with van der Waals surface area (Å²) >= 11 is 0. The molecule has 0 bridgehead atoms. The number of nitrogens with zero attached hydrogens (tertiary/aromatic N) is 6. The zero-order chi connectivity index (χ0) is 60.1. The fourth-order valence-electron chi connectivity index (χ4n) is 11.1. The molecule has 3 saturated heterocycles. The zero-order valence-corrected chi connectivity index (χ0v) is 47.7. The number of aliphatic carboxylic acids is 1. The Bertz CT molecular complexity index is 3070. The van der Waals surface area contributed by atoms with Gasteiger partial charge in [0, 0.05) is 81.0 Å². The Hall–Kier alpha value is -8.29. The van der Waals surface area contributed by atoms with Crippen LogP contribution in [0.15, 0.2) is 120 Å². The Labute approximate surface area is 493 Å². The van der Waals surface area contributed by atoms with Gasteiger partial charge in [-0.2, -0.15) is 0 Å². The van der Waals surface area contributed by atoms with Gasteiger partial charge in [-0.15, -0.1) is 0 Å². The summed E-state index contributed by atoms with van der Waals surface area (Å²) in [7, 11) is 0. The van der Waals surface area contributed by atoms with Gasteiger partial charge < -0.3 is 75.6 Å². The van der Waals surface area contributed by atoms with Gasteiger partial charge in [-0.1, -0.05) is 84.9 Å². The molecule has 3 fully saturated rings. The number of carbonyl (C=O) groups excluding carboxylic acids is 6. The molecule has 85 heavy (non-hydrogen) atoms. The topological polar surface area (TPSA) is 313 Å². The van der Waals surface area contributed by atoms with E-state index in [0.29, 0.717) is 44.5 Å². The summed E-state index contributed by atoms with van der Waals surface area (Å²) < 4.78 is 23.9. The number of carboxylic acids is 1. The molecule has 0 spiro atoms. The molecule has 5 aromatic rings. The van der Waals surface area contributed by atoms with Gasteiger partial charge in [0.2, 0.25) is 29.5 Å². The van der Waals surface area contributed by atoms with Crippen molar-refractivity contribution >= 4 is 63.7 Å². The number of pyridine rings is 2. The number of piperidine rings is 1. The van der Waals surface area contributed by atoms with Crippen molar-refractivity contribution < 1.29 is 57.6 Å². The molecule has 1 unspecified atom stereocenters. The number of benzene rings is 3. The third kappa shape index (κ3) is 17.6. The third-order valence-corrected chi connectivity index (χ3v) is 15.4. The van der Waals surface area contributed by atoms with Crippen molar-refractivity contribution in [1.29, 1.82) is 0 Å². The minimum Gasteiger partial charge on any atom is -0.480 e. The number of amides is 7. The van der Waals surface area contributed by atoms with Gasteiger partial charge in [0.1, 0.15) is 24.7 Å². The lowest BCUT2D eigenvalue weighted by molar-refractivity contribution is -0.143. The smallest absolute Gasteiger partial charge is 0.323 e. The Morgan fingerprint density at radius 2 is 1.39 bits per heavy atom. The van der Waals surface area contributed by atoms with Crippen LogP contribution < -0.4 is 42.8 Å². The number of carboxylic acid groups (broad SMARTS) is 1. The summed E-state index contributed by atoms with van der Waals surface area (Å²) in [5.74, 6) is -3.91.